The number of halogens is 4. The van der Waals surface area contributed by atoms with E-state index < -0.39 is 17.8 Å². The Morgan fingerprint density at radius 3 is 2.65 bits per heavy atom. The van der Waals surface area contributed by atoms with Crippen LogP contribution in [0.4, 0.5) is 23.4 Å². The molecule has 11 heteroatoms. The molecule has 4 rings (SSSR count). The minimum Gasteiger partial charge on any atom is -0.494 e. The highest BCUT2D eigenvalue weighted by atomic mass is 19.4. The third-order valence-electron chi connectivity index (χ3n) is 4.19. The average molecular weight is 368 g/mol. The smallest absolute Gasteiger partial charge is 0.451 e. The first-order chi connectivity index (χ1) is 12.4. The first-order valence-electron chi connectivity index (χ1n) is 7.61. The number of rotatable bonds is 2. The Labute approximate surface area is 144 Å². The summed E-state index contributed by atoms with van der Waals surface area (Å²) in [6, 6.07) is 2.70. The molecule has 7 nitrogen and oxygen atoms in total. The number of benzene rings is 1. The Kier molecular flexibility index (Phi) is 3.67. The maximum atomic E-state index is 13.9. The number of alkyl halides is 3. The standard InChI is InChI=1S/C15H12F4N6O/c1-26-11-4-8-10(5-9(11)16)20-7-21-13(8)24-2-3-25-12(6-24)22-23-14(25)15(17,18)19/h4-5,7H,2-3,6H2,1H3. The van der Waals surface area contributed by atoms with Crippen LogP contribution in [0.3, 0.4) is 0 Å². The summed E-state index contributed by atoms with van der Waals surface area (Å²) in [5.41, 5.74) is 0.372. The van der Waals surface area contributed by atoms with E-state index in [4.69, 9.17) is 4.74 Å². The van der Waals surface area contributed by atoms with Gasteiger partial charge in [0.1, 0.15) is 12.1 Å². The van der Waals surface area contributed by atoms with E-state index in [0.717, 1.165) is 4.57 Å². The Morgan fingerprint density at radius 1 is 1.12 bits per heavy atom. The average Bonchev–Trinajstić information content (AvgIpc) is 3.04. The summed E-state index contributed by atoms with van der Waals surface area (Å²) in [5.74, 6) is -0.880. The number of methoxy groups -OCH3 is 1. The molecular weight excluding hydrogens is 356 g/mol. The van der Waals surface area contributed by atoms with Crippen LogP contribution in [0.2, 0.25) is 0 Å². The highest BCUT2D eigenvalue weighted by Crippen LogP contribution is 2.33. The van der Waals surface area contributed by atoms with E-state index in [1.165, 1.54) is 25.6 Å². The minimum absolute atomic E-state index is 0.0353. The van der Waals surface area contributed by atoms with Gasteiger partial charge in [-0.25, -0.2) is 14.4 Å². The summed E-state index contributed by atoms with van der Waals surface area (Å²) in [7, 11) is 1.34. The highest BCUT2D eigenvalue weighted by Gasteiger charge is 2.39. The van der Waals surface area contributed by atoms with Crippen LogP contribution in [-0.4, -0.2) is 38.4 Å². The van der Waals surface area contributed by atoms with Crippen LogP contribution in [-0.2, 0) is 19.3 Å². The molecule has 0 radical (unpaired) electrons. The molecule has 136 valence electrons. The molecule has 0 atom stereocenters. The van der Waals surface area contributed by atoms with Crippen molar-refractivity contribution < 1.29 is 22.3 Å². The van der Waals surface area contributed by atoms with E-state index in [9.17, 15) is 17.6 Å². The zero-order chi connectivity index (χ0) is 18.5. The van der Waals surface area contributed by atoms with Crippen molar-refractivity contribution in [1.29, 1.82) is 0 Å². The van der Waals surface area contributed by atoms with Crippen molar-refractivity contribution in [2.75, 3.05) is 18.6 Å². The summed E-state index contributed by atoms with van der Waals surface area (Å²) >= 11 is 0. The Morgan fingerprint density at radius 2 is 1.92 bits per heavy atom. The fourth-order valence-corrected chi connectivity index (χ4v) is 3.00. The van der Waals surface area contributed by atoms with Crippen LogP contribution in [0.5, 0.6) is 5.75 Å². The third kappa shape index (κ3) is 2.59. The van der Waals surface area contributed by atoms with Gasteiger partial charge in [0.05, 0.1) is 19.2 Å². The predicted molar refractivity (Wildman–Crippen MR) is 82.1 cm³/mol. The lowest BCUT2D eigenvalue weighted by atomic mass is 10.2. The van der Waals surface area contributed by atoms with E-state index >= 15 is 0 Å². The number of fused-ring (bicyclic) bond motifs is 2. The lowest BCUT2D eigenvalue weighted by molar-refractivity contribution is -0.147. The molecule has 1 aliphatic heterocycles. The maximum Gasteiger partial charge on any atom is 0.451 e. The minimum atomic E-state index is -4.56. The van der Waals surface area contributed by atoms with Gasteiger partial charge in [-0.05, 0) is 6.07 Å². The van der Waals surface area contributed by atoms with Crippen molar-refractivity contribution in [2.45, 2.75) is 19.3 Å². The fourth-order valence-electron chi connectivity index (χ4n) is 3.00. The molecule has 0 saturated carbocycles. The van der Waals surface area contributed by atoms with Crippen molar-refractivity contribution in [3.8, 4) is 5.75 Å². The molecule has 0 N–H and O–H groups in total. The second kappa shape index (κ2) is 5.78. The van der Waals surface area contributed by atoms with Crippen LogP contribution < -0.4 is 9.64 Å². The zero-order valence-electron chi connectivity index (χ0n) is 13.5. The van der Waals surface area contributed by atoms with E-state index in [2.05, 4.69) is 20.2 Å². The molecule has 0 unspecified atom stereocenters. The van der Waals surface area contributed by atoms with E-state index in [0.29, 0.717) is 16.7 Å². The number of aromatic nitrogens is 5. The van der Waals surface area contributed by atoms with Crippen molar-refractivity contribution in [2.24, 2.45) is 0 Å². The molecule has 0 saturated heterocycles. The van der Waals surface area contributed by atoms with Gasteiger partial charge in [0.15, 0.2) is 17.4 Å². The number of hydrogen-bond donors (Lipinski definition) is 0. The Hall–Kier alpha value is -2.98. The van der Waals surface area contributed by atoms with Crippen LogP contribution in [0.1, 0.15) is 11.6 Å². The van der Waals surface area contributed by atoms with Gasteiger partial charge in [-0.3, -0.25) is 0 Å². The summed E-state index contributed by atoms with van der Waals surface area (Å²) in [6.07, 6.45) is -3.27. The van der Waals surface area contributed by atoms with Gasteiger partial charge in [-0.2, -0.15) is 13.2 Å². The van der Waals surface area contributed by atoms with Crippen LogP contribution >= 0.6 is 0 Å². The summed E-state index contributed by atoms with van der Waals surface area (Å²) in [4.78, 5) is 10.0. The molecule has 2 aromatic heterocycles. The van der Waals surface area contributed by atoms with Gasteiger partial charge in [0.25, 0.3) is 0 Å². The second-order valence-electron chi connectivity index (χ2n) is 5.71. The number of nitrogens with zero attached hydrogens (tertiary/aromatic N) is 6. The van der Waals surface area contributed by atoms with Gasteiger partial charge in [0, 0.05) is 24.5 Å². The predicted octanol–water partition coefficient (Wildman–Crippen LogP) is 2.41. The van der Waals surface area contributed by atoms with Gasteiger partial charge in [-0.1, -0.05) is 0 Å². The Balaban J connectivity index is 1.74. The van der Waals surface area contributed by atoms with Crippen molar-refractivity contribution >= 4 is 16.7 Å². The molecule has 26 heavy (non-hydrogen) atoms. The van der Waals surface area contributed by atoms with Crippen molar-refractivity contribution in [3.63, 3.8) is 0 Å². The lowest BCUT2D eigenvalue weighted by Gasteiger charge is -2.29. The Bertz CT molecular complexity index is 986. The molecule has 0 bridgehead atoms. The summed E-state index contributed by atoms with van der Waals surface area (Å²) in [5, 5.41) is 7.44. The topological polar surface area (TPSA) is 69.0 Å². The first kappa shape index (κ1) is 16.5. The summed E-state index contributed by atoms with van der Waals surface area (Å²) in [6.45, 7) is 0.413. The highest BCUT2D eigenvalue weighted by molar-refractivity contribution is 5.90. The molecule has 1 aliphatic rings. The van der Waals surface area contributed by atoms with Gasteiger partial charge >= 0.3 is 6.18 Å². The molecule has 0 spiro atoms. The molecule has 3 aromatic rings. The fraction of sp³-hybridized carbons (Fsp3) is 0.333. The molecule has 0 amide bonds. The van der Waals surface area contributed by atoms with Gasteiger partial charge < -0.3 is 14.2 Å². The van der Waals surface area contributed by atoms with Gasteiger partial charge in [0.2, 0.25) is 5.82 Å². The maximum absolute atomic E-state index is 13.9. The number of anilines is 1. The monoisotopic (exact) mass is 368 g/mol. The first-order valence-corrected chi connectivity index (χ1v) is 7.61. The number of ether oxygens (including phenoxy) is 1. The molecule has 0 aliphatic carbocycles. The molecule has 3 heterocycles. The van der Waals surface area contributed by atoms with Gasteiger partial charge in [-0.15, -0.1) is 10.2 Å². The molecule has 0 fully saturated rings. The van der Waals surface area contributed by atoms with Crippen LogP contribution in [0.15, 0.2) is 18.5 Å². The second-order valence-corrected chi connectivity index (χ2v) is 5.71. The largest absolute Gasteiger partial charge is 0.494 e. The van der Waals surface area contributed by atoms with E-state index in [1.807, 2.05) is 0 Å². The SMILES string of the molecule is COc1cc2c(N3CCn4c(nnc4C(F)(F)F)C3)ncnc2cc1F. The van der Waals surface area contributed by atoms with E-state index in [-0.39, 0.29) is 31.2 Å². The van der Waals surface area contributed by atoms with Crippen molar-refractivity contribution in [1.82, 2.24) is 24.7 Å². The van der Waals surface area contributed by atoms with E-state index in [1.54, 1.807) is 4.90 Å². The quantitative estimate of drug-likeness (QED) is 0.647. The zero-order valence-corrected chi connectivity index (χ0v) is 13.5. The molecule has 1 aromatic carbocycles. The van der Waals surface area contributed by atoms with Crippen LogP contribution in [0, 0.1) is 5.82 Å². The van der Waals surface area contributed by atoms with Crippen LogP contribution in [0.25, 0.3) is 10.9 Å². The third-order valence-corrected chi connectivity index (χ3v) is 4.19. The summed E-state index contributed by atoms with van der Waals surface area (Å²) < 4.78 is 58.8. The van der Waals surface area contributed by atoms with Crippen molar-refractivity contribution in [3.05, 3.63) is 35.9 Å². The molecular formula is C15H12F4N6O. The normalized spacial score (nSPS) is 14.6. The lowest BCUT2D eigenvalue weighted by Crippen LogP contribution is -2.36. The number of hydrogen-bond acceptors (Lipinski definition) is 6.